The highest BCUT2D eigenvalue weighted by atomic mass is 32.2. The van der Waals surface area contributed by atoms with E-state index < -0.39 is 26.7 Å². The number of halogens is 3. The van der Waals surface area contributed by atoms with Gasteiger partial charge in [0.25, 0.3) is 0 Å². The lowest BCUT2D eigenvalue weighted by atomic mass is 10.2. The Balaban J connectivity index is 1.84. The van der Waals surface area contributed by atoms with Crippen LogP contribution in [0.15, 0.2) is 29.2 Å². The number of nitrogens with zero attached hydrogens (tertiary/aromatic N) is 1. The second-order valence-corrected chi connectivity index (χ2v) is 8.35. The molecule has 0 aliphatic carbocycles. The molecule has 5 nitrogen and oxygen atoms in total. The van der Waals surface area contributed by atoms with E-state index in [4.69, 9.17) is 4.74 Å². The first-order chi connectivity index (χ1) is 12.1. The van der Waals surface area contributed by atoms with E-state index in [2.05, 4.69) is 9.62 Å². The van der Waals surface area contributed by atoms with Gasteiger partial charge in [0.1, 0.15) is 0 Å². The van der Waals surface area contributed by atoms with Crippen LogP contribution in [0.1, 0.15) is 32.3 Å². The summed E-state index contributed by atoms with van der Waals surface area (Å²) in [7, 11) is -4.20. The van der Waals surface area contributed by atoms with Crippen molar-refractivity contribution in [2.75, 3.05) is 26.2 Å². The van der Waals surface area contributed by atoms with Crippen LogP contribution in [0.4, 0.5) is 13.2 Å². The van der Waals surface area contributed by atoms with Crippen LogP contribution < -0.4 is 4.72 Å². The Hall–Kier alpha value is -1.16. The van der Waals surface area contributed by atoms with Gasteiger partial charge >= 0.3 is 6.18 Å². The highest BCUT2D eigenvalue weighted by Crippen LogP contribution is 2.33. The zero-order valence-corrected chi connectivity index (χ0v) is 15.7. The molecule has 1 aliphatic heterocycles. The molecule has 1 aliphatic rings. The molecule has 148 valence electrons. The van der Waals surface area contributed by atoms with Crippen LogP contribution in [-0.2, 0) is 20.9 Å². The molecule has 9 heteroatoms. The number of hydrogen-bond donors (Lipinski definition) is 1. The summed E-state index contributed by atoms with van der Waals surface area (Å²) in [5, 5.41) is 0. The second-order valence-electron chi connectivity index (χ2n) is 6.62. The van der Waals surface area contributed by atoms with Crippen molar-refractivity contribution < 1.29 is 26.3 Å². The normalized spacial score (nSPS) is 22.5. The molecular formula is C17H25F3N2O3S. The third-order valence-corrected chi connectivity index (χ3v) is 5.69. The minimum atomic E-state index is -4.71. The van der Waals surface area contributed by atoms with Crippen LogP contribution >= 0.6 is 0 Å². The Morgan fingerprint density at radius 1 is 1.15 bits per heavy atom. The summed E-state index contributed by atoms with van der Waals surface area (Å²) in [5.41, 5.74) is -1.15. The van der Waals surface area contributed by atoms with Crippen molar-refractivity contribution in [3.63, 3.8) is 0 Å². The molecule has 0 bridgehead atoms. The largest absolute Gasteiger partial charge is 0.417 e. The Kier molecular flexibility index (Phi) is 7.06. The molecule has 1 fully saturated rings. The van der Waals surface area contributed by atoms with E-state index in [9.17, 15) is 21.6 Å². The molecular weight excluding hydrogens is 369 g/mol. The number of morpholine rings is 1. The minimum absolute atomic E-state index is 0.101. The zero-order chi connectivity index (χ0) is 19.4. The summed E-state index contributed by atoms with van der Waals surface area (Å²) < 4.78 is 71.3. The first kappa shape index (κ1) is 21.1. The van der Waals surface area contributed by atoms with Gasteiger partial charge in [-0.05, 0) is 45.4 Å². The summed E-state index contributed by atoms with van der Waals surface area (Å²) in [6, 6.07) is 4.20. The molecule has 0 amide bonds. The third kappa shape index (κ3) is 5.94. The highest BCUT2D eigenvalue weighted by molar-refractivity contribution is 7.89. The van der Waals surface area contributed by atoms with Gasteiger partial charge in [-0.1, -0.05) is 12.1 Å². The summed E-state index contributed by atoms with van der Waals surface area (Å²) >= 11 is 0. The maximum atomic E-state index is 13.0. The van der Waals surface area contributed by atoms with E-state index in [0.717, 1.165) is 38.2 Å². The van der Waals surface area contributed by atoms with Crippen LogP contribution in [0.2, 0.25) is 0 Å². The Labute approximate surface area is 152 Å². The molecule has 1 aromatic carbocycles. The highest BCUT2D eigenvalue weighted by Gasteiger charge is 2.36. The fraction of sp³-hybridized carbons (Fsp3) is 0.647. The van der Waals surface area contributed by atoms with E-state index >= 15 is 0 Å². The van der Waals surface area contributed by atoms with Crippen molar-refractivity contribution in [2.45, 2.75) is 50.0 Å². The Morgan fingerprint density at radius 3 is 2.38 bits per heavy atom. The zero-order valence-electron chi connectivity index (χ0n) is 14.9. The summed E-state index contributed by atoms with van der Waals surface area (Å²) in [5.74, 6) is 0. The molecule has 0 spiro atoms. The van der Waals surface area contributed by atoms with Gasteiger partial charge in [-0.25, -0.2) is 13.1 Å². The molecule has 26 heavy (non-hydrogen) atoms. The topological polar surface area (TPSA) is 58.6 Å². The fourth-order valence-electron chi connectivity index (χ4n) is 3.15. The van der Waals surface area contributed by atoms with Crippen molar-refractivity contribution in [1.29, 1.82) is 0 Å². The monoisotopic (exact) mass is 394 g/mol. The van der Waals surface area contributed by atoms with E-state index in [1.807, 2.05) is 13.8 Å². The van der Waals surface area contributed by atoms with Crippen LogP contribution in [0.25, 0.3) is 0 Å². The molecule has 2 atom stereocenters. The van der Waals surface area contributed by atoms with E-state index in [1.54, 1.807) is 0 Å². The van der Waals surface area contributed by atoms with Gasteiger partial charge in [-0.3, -0.25) is 4.90 Å². The smallest absolute Gasteiger partial charge is 0.373 e. The molecule has 1 N–H and O–H groups in total. The molecule has 2 rings (SSSR count). The average Bonchev–Trinajstić information content (AvgIpc) is 2.53. The third-order valence-electron chi connectivity index (χ3n) is 4.17. The van der Waals surface area contributed by atoms with Gasteiger partial charge in [0.15, 0.2) is 0 Å². The van der Waals surface area contributed by atoms with Crippen molar-refractivity contribution in [3.8, 4) is 0 Å². The van der Waals surface area contributed by atoms with Crippen molar-refractivity contribution in [1.82, 2.24) is 9.62 Å². The van der Waals surface area contributed by atoms with Gasteiger partial charge in [0, 0.05) is 19.6 Å². The molecule has 1 aromatic rings. The maximum Gasteiger partial charge on any atom is 0.417 e. The number of ether oxygens (including phenoxy) is 1. The van der Waals surface area contributed by atoms with Gasteiger partial charge in [0.2, 0.25) is 10.0 Å². The van der Waals surface area contributed by atoms with Gasteiger partial charge in [-0.15, -0.1) is 0 Å². The number of nitrogens with one attached hydrogen (secondary N) is 1. The first-order valence-electron chi connectivity index (χ1n) is 8.63. The Morgan fingerprint density at radius 2 is 1.77 bits per heavy atom. The number of benzene rings is 1. The lowest BCUT2D eigenvalue weighted by molar-refractivity contribution is -0.139. The lowest BCUT2D eigenvalue weighted by Crippen LogP contribution is -2.45. The number of hydrogen-bond acceptors (Lipinski definition) is 4. The molecule has 0 saturated carbocycles. The predicted molar refractivity (Wildman–Crippen MR) is 92.3 cm³/mol. The van der Waals surface area contributed by atoms with E-state index in [-0.39, 0.29) is 18.8 Å². The number of sulfonamides is 1. The van der Waals surface area contributed by atoms with Gasteiger partial charge in [0.05, 0.1) is 22.7 Å². The van der Waals surface area contributed by atoms with Crippen LogP contribution in [0, 0.1) is 0 Å². The summed E-state index contributed by atoms with van der Waals surface area (Å²) in [4.78, 5) is 1.52. The molecule has 1 heterocycles. The molecule has 0 aromatic heterocycles. The minimum Gasteiger partial charge on any atom is -0.373 e. The van der Waals surface area contributed by atoms with Gasteiger partial charge in [-0.2, -0.15) is 13.2 Å². The standard InChI is InChI=1S/C17H25F3N2O3S/c1-13-11-22(12-14(2)25-13)10-6-5-9-21-26(23,24)16-8-4-3-7-15(16)17(18,19)20/h3-4,7-8,13-14,21H,5-6,9-12H2,1-2H3. The van der Waals surface area contributed by atoms with Crippen LogP contribution in [0.5, 0.6) is 0 Å². The molecule has 1 saturated heterocycles. The van der Waals surface area contributed by atoms with Crippen molar-refractivity contribution >= 4 is 10.0 Å². The predicted octanol–water partition coefficient (Wildman–Crippen LogP) is 2.87. The van der Waals surface area contributed by atoms with E-state index in [1.165, 1.54) is 12.1 Å². The van der Waals surface area contributed by atoms with Crippen molar-refractivity contribution in [3.05, 3.63) is 29.8 Å². The lowest BCUT2D eigenvalue weighted by Gasteiger charge is -2.35. The van der Waals surface area contributed by atoms with E-state index in [0.29, 0.717) is 6.42 Å². The average molecular weight is 394 g/mol. The maximum absolute atomic E-state index is 13.0. The quantitative estimate of drug-likeness (QED) is 0.723. The number of unbranched alkanes of at least 4 members (excludes halogenated alkanes) is 1. The van der Waals surface area contributed by atoms with Crippen LogP contribution in [-0.4, -0.2) is 51.7 Å². The molecule has 2 unspecified atom stereocenters. The van der Waals surface area contributed by atoms with Crippen molar-refractivity contribution in [2.24, 2.45) is 0 Å². The SMILES string of the molecule is CC1CN(CCCCNS(=O)(=O)c2ccccc2C(F)(F)F)CC(C)O1. The first-order valence-corrected chi connectivity index (χ1v) is 10.1. The fourth-order valence-corrected chi connectivity index (χ4v) is 4.45. The molecule has 0 radical (unpaired) electrons. The summed E-state index contributed by atoms with van der Waals surface area (Å²) in [6.07, 6.45) is -3.09. The number of alkyl halides is 3. The second kappa shape index (κ2) is 8.69. The van der Waals surface area contributed by atoms with Gasteiger partial charge < -0.3 is 4.74 Å². The Bertz CT molecular complexity index is 685. The number of rotatable bonds is 7. The summed E-state index contributed by atoms with van der Waals surface area (Å²) in [6.45, 7) is 6.58. The van der Waals surface area contributed by atoms with Crippen LogP contribution in [0.3, 0.4) is 0 Å².